The third kappa shape index (κ3) is 4.81. The molecule has 2 N–H and O–H groups in total. The quantitative estimate of drug-likeness (QED) is 0.649. The van der Waals surface area contributed by atoms with Crippen LogP contribution in [0.4, 0.5) is 10.5 Å². The molecule has 0 bridgehead atoms. The summed E-state index contributed by atoms with van der Waals surface area (Å²) in [5.41, 5.74) is 1.62. The van der Waals surface area contributed by atoms with Gasteiger partial charge in [-0.1, -0.05) is 60.1 Å². The number of urea groups is 1. The summed E-state index contributed by atoms with van der Waals surface area (Å²) in [5, 5.41) is 8.37. The molecule has 6 heteroatoms. The molecule has 3 amide bonds. The molecular formula is C22H22ClN3O2. The maximum absolute atomic E-state index is 12.4. The van der Waals surface area contributed by atoms with Gasteiger partial charge in [0, 0.05) is 23.1 Å². The van der Waals surface area contributed by atoms with E-state index < -0.39 is 0 Å². The Morgan fingerprint density at radius 1 is 1.04 bits per heavy atom. The molecule has 3 aromatic rings. The average molecular weight is 396 g/mol. The first-order valence-corrected chi connectivity index (χ1v) is 9.36. The molecule has 0 saturated carbocycles. The summed E-state index contributed by atoms with van der Waals surface area (Å²) in [6.45, 7) is 1.81. The molecule has 0 aromatic heterocycles. The highest BCUT2D eigenvalue weighted by Crippen LogP contribution is 2.23. The first-order valence-electron chi connectivity index (χ1n) is 8.99. The van der Waals surface area contributed by atoms with Gasteiger partial charge in [-0.25, -0.2) is 4.79 Å². The van der Waals surface area contributed by atoms with Gasteiger partial charge in [0.25, 0.3) is 0 Å². The number of benzene rings is 3. The van der Waals surface area contributed by atoms with Crippen molar-refractivity contribution in [1.82, 2.24) is 10.2 Å². The smallest absolute Gasteiger partial charge is 0.318 e. The van der Waals surface area contributed by atoms with Crippen LogP contribution in [0, 0.1) is 0 Å². The van der Waals surface area contributed by atoms with Crippen molar-refractivity contribution in [3.63, 3.8) is 0 Å². The lowest BCUT2D eigenvalue weighted by Gasteiger charge is -2.21. The Morgan fingerprint density at radius 2 is 1.75 bits per heavy atom. The number of halogens is 1. The molecular weight excluding hydrogens is 374 g/mol. The van der Waals surface area contributed by atoms with Gasteiger partial charge in [-0.05, 0) is 36.1 Å². The average Bonchev–Trinajstić information content (AvgIpc) is 2.68. The predicted octanol–water partition coefficient (Wildman–Crippen LogP) is 4.83. The zero-order valence-electron chi connectivity index (χ0n) is 15.8. The monoisotopic (exact) mass is 395 g/mol. The molecule has 28 heavy (non-hydrogen) atoms. The molecule has 0 heterocycles. The fourth-order valence-electron chi connectivity index (χ4n) is 2.97. The number of amides is 3. The summed E-state index contributed by atoms with van der Waals surface area (Å²) in [4.78, 5) is 26.2. The van der Waals surface area contributed by atoms with Gasteiger partial charge in [-0.3, -0.25) is 4.79 Å². The number of anilines is 1. The second-order valence-corrected chi connectivity index (χ2v) is 7.09. The predicted molar refractivity (Wildman–Crippen MR) is 114 cm³/mol. The Hall–Kier alpha value is -3.05. The minimum atomic E-state index is -0.333. The van der Waals surface area contributed by atoms with Crippen LogP contribution in [0.5, 0.6) is 0 Å². The summed E-state index contributed by atoms with van der Waals surface area (Å²) in [5.74, 6) is -0.260. The van der Waals surface area contributed by atoms with E-state index in [-0.39, 0.29) is 24.5 Å². The van der Waals surface area contributed by atoms with Crippen LogP contribution in [0.3, 0.4) is 0 Å². The van der Waals surface area contributed by atoms with Crippen molar-refractivity contribution in [2.45, 2.75) is 13.0 Å². The van der Waals surface area contributed by atoms with Gasteiger partial charge < -0.3 is 15.5 Å². The molecule has 1 atom stereocenters. The Kier molecular flexibility index (Phi) is 6.16. The normalized spacial score (nSPS) is 11.7. The van der Waals surface area contributed by atoms with E-state index >= 15 is 0 Å². The SMILES string of the molecule is C[C@@H](NC(=O)N(C)CC(=O)Nc1cccc2ccccc12)c1cccc(Cl)c1. The zero-order valence-corrected chi connectivity index (χ0v) is 16.5. The molecule has 0 spiro atoms. The fraction of sp³-hybridized carbons (Fsp3) is 0.182. The molecule has 3 aromatic carbocycles. The Morgan fingerprint density at radius 3 is 2.54 bits per heavy atom. The number of carbonyl (C=O) groups excluding carboxylic acids is 2. The third-order valence-electron chi connectivity index (χ3n) is 4.48. The number of nitrogens with zero attached hydrogens (tertiary/aromatic N) is 1. The fourth-order valence-corrected chi connectivity index (χ4v) is 3.16. The highest BCUT2D eigenvalue weighted by atomic mass is 35.5. The standard InChI is InChI=1S/C22H22ClN3O2/c1-15(17-9-5-10-18(23)13-17)24-22(28)26(2)14-21(27)25-20-12-6-8-16-7-3-4-11-19(16)20/h3-13,15H,14H2,1-2H3,(H,24,28)(H,25,27)/t15-/m1/s1. The highest BCUT2D eigenvalue weighted by Gasteiger charge is 2.16. The van der Waals surface area contributed by atoms with E-state index in [1.165, 1.54) is 4.90 Å². The van der Waals surface area contributed by atoms with E-state index in [2.05, 4.69) is 10.6 Å². The maximum Gasteiger partial charge on any atom is 0.318 e. The number of nitrogens with one attached hydrogen (secondary N) is 2. The number of hydrogen-bond acceptors (Lipinski definition) is 2. The lowest BCUT2D eigenvalue weighted by atomic mass is 10.1. The Bertz CT molecular complexity index is 1000. The van der Waals surface area contributed by atoms with Gasteiger partial charge in [0.2, 0.25) is 5.91 Å². The van der Waals surface area contributed by atoms with Gasteiger partial charge in [-0.15, -0.1) is 0 Å². The third-order valence-corrected chi connectivity index (χ3v) is 4.71. The van der Waals surface area contributed by atoms with Crippen molar-refractivity contribution in [2.75, 3.05) is 18.9 Å². The molecule has 0 fully saturated rings. The maximum atomic E-state index is 12.4. The van der Waals surface area contributed by atoms with E-state index in [1.54, 1.807) is 19.2 Å². The van der Waals surface area contributed by atoms with Gasteiger partial charge in [0.05, 0.1) is 6.04 Å². The first kappa shape index (κ1) is 19.7. The summed E-state index contributed by atoms with van der Waals surface area (Å²) < 4.78 is 0. The minimum absolute atomic E-state index is 0.0582. The van der Waals surface area contributed by atoms with Gasteiger partial charge in [0.15, 0.2) is 0 Å². The van der Waals surface area contributed by atoms with Gasteiger partial charge in [0.1, 0.15) is 6.54 Å². The Balaban J connectivity index is 1.59. The van der Waals surface area contributed by atoms with Crippen LogP contribution < -0.4 is 10.6 Å². The molecule has 5 nitrogen and oxygen atoms in total. The minimum Gasteiger partial charge on any atom is -0.331 e. The topological polar surface area (TPSA) is 61.4 Å². The van der Waals surface area contributed by atoms with Crippen molar-refractivity contribution in [1.29, 1.82) is 0 Å². The number of carbonyl (C=O) groups is 2. The molecule has 144 valence electrons. The van der Waals surface area contributed by atoms with E-state index in [0.717, 1.165) is 22.0 Å². The van der Waals surface area contributed by atoms with Crippen LogP contribution in [0.1, 0.15) is 18.5 Å². The molecule has 0 saturated heterocycles. The molecule has 0 unspecified atom stereocenters. The molecule has 3 rings (SSSR count). The second-order valence-electron chi connectivity index (χ2n) is 6.66. The van der Waals surface area contributed by atoms with Crippen molar-refractivity contribution in [2.24, 2.45) is 0 Å². The van der Waals surface area contributed by atoms with Crippen LogP contribution in [0.15, 0.2) is 66.7 Å². The van der Waals surface area contributed by atoms with Crippen molar-refractivity contribution >= 4 is 40.0 Å². The molecule has 0 aliphatic carbocycles. The van der Waals surface area contributed by atoms with E-state index in [9.17, 15) is 9.59 Å². The summed E-state index contributed by atoms with van der Waals surface area (Å²) in [7, 11) is 1.59. The highest BCUT2D eigenvalue weighted by molar-refractivity contribution is 6.30. The summed E-state index contributed by atoms with van der Waals surface area (Å²) in [6, 6.07) is 20.3. The number of likely N-dealkylation sites (N-methyl/N-ethyl adjacent to an activating group) is 1. The van der Waals surface area contributed by atoms with Crippen LogP contribution in [0.25, 0.3) is 10.8 Å². The van der Waals surface area contributed by atoms with Gasteiger partial charge in [-0.2, -0.15) is 0 Å². The summed E-state index contributed by atoms with van der Waals surface area (Å²) >= 11 is 6.00. The first-order chi connectivity index (χ1) is 13.4. The van der Waals surface area contributed by atoms with E-state index in [1.807, 2.05) is 61.5 Å². The van der Waals surface area contributed by atoms with Crippen molar-refractivity contribution < 1.29 is 9.59 Å². The van der Waals surface area contributed by atoms with Crippen molar-refractivity contribution in [3.05, 3.63) is 77.3 Å². The van der Waals surface area contributed by atoms with Crippen LogP contribution >= 0.6 is 11.6 Å². The lowest BCUT2D eigenvalue weighted by molar-refractivity contribution is -0.116. The van der Waals surface area contributed by atoms with Crippen LogP contribution in [-0.4, -0.2) is 30.4 Å². The molecule has 0 aliphatic heterocycles. The van der Waals surface area contributed by atoms with E-state index in [4.69, 9.17) is 11.6 Å². The van der Waals surface area contributed by atoms with Gasteiger partial charge >= 0.3 is 6.03 Å². The second kappa shape index (κ2) is 8.76. The number of fused-ring (bicyclic) bond motifs is 1. The number of hydrogen-bond donors (Lipinski definition) is 2. The molecule has 0 radical (unpaired) electrons. The Labute approximate surface area is 169 Å². The van der Waals surface area contributed by atoms with Crippen LogP contribution in [0.2, 0.25) is 5.02 Å². The largest absolute Gasteiger partial charge is 0.331 e. The van der Waals surface area contributed by atoms with Crippen LogP contribution in [-0.2, 0) is 4.79 Å². The summed E-state index contributed by atoms with van der Waals surface area (Å²) in [6.07, 6.45) is 0. The number of rotatable bonds is 5. The zero-order chi connectivity index (χ0) is 20.1. The lowest BCUT2D eigenvalue weighted by Crippen LogP contribution is -2.42. The molecule has 0 aliphatic rings. The van der Waals surface area contributed by atoms with E-state index in [0.29, 0.717) is 5.02 Å². The van der Waals surface area contributed by atoms with Crippen molar-refractivity contribution in [3.8, 4) is 0 Å².